The Labute approximate surface area is 90.7 Å². The zero-order valence-corrected chi connectivity index (χ0v) is 9.20. The number of anilines is 2. The van der Waals surface area contributed by atoms with Gasteiger partial charge >= 0.3 is 0 Å². The monoisotopic (exact) mass is 225 g/mol. The minimum atomic E-state index is 0.591. The molecule has 5 heteroatoms. The number of nitrogen functional groups attached to an aromatic ring is 1. The Morgan fingerprint density at radius 3 is 3.07 bits per heavy atom. The van der Waals surface area contributed by atoms with Crippen molar-refractivity contribution in [1.29, 1.82) is 0 Å². The van der Waals surface area contributed by atoms with E-state index < -0.39 is 0 Å². The summed E-state index contributed by atoms with van der Waals surface area (Å²) < 4.78 is 3.99. The second-order valence-electron chi connectivity index (χ2n) is 2.87. The van der Waals surface area contributed by atoms with Gasteiger partial charge in [0.25, 0.3) is 0 Å². The van der Waals surface area contributed by atoms with Gasteiger partial charge < -0.3 is 11.1 Å². The van der Waals surface area contributed by atoms with Crippen LogP contribution in [0.5, 0.6) is 0 Å². The third-order valence-corrected chi connectivity index (χ3v) is 3.48. The van der Waals surface area contributed by atoms with Crippen LogP contribution in [-0.2, 0) is 6.42 Å². The molecular formula is C9H11N3S2. The van der Waals surface area contributed by atoms with Crippen molar-refractivity contribution in [3.8, 4) is 0 Å². The Bertz CT molecular complexity index is 380. The number of nitrogens with two attached hydrogens (primary N) is 1. The summed E-state index contributed by atoms with van der Waals surface area (Å²) in [5, 5.41) is 6.42. The van der Waals surface area contributed by atoms with E-state index in [0.717, 1.165) is 18.0 Å². The fourth-order valence-electron chi connectivity index (χ4n) is 1.14. The zero-order chi connectivity index (χ0) is 9.80. The molecule has 14 heavy (non-hydrogen) atoms. The molecule has 2 aromatic heterocycles. The lowest BCUT2D eigenvalue weighted by Crippen LogP contribution is -2.01. The normalized spacial score (nSPS) is 10.3. The van der Waals surface area contributed by atoms with Gasteiger partial charge in [-0.25, -0.2) is 0 Å². The van der Waals surface area contributed by atoms with Crippen LogP contribution >= 0.6 is 22.9 Å². The molecule has 0 amide bonds. The number of rotatable bonds is 4. The minimum Gasteiger partial charge on any atom is -0.383 e. The maximum Gasteiger partial charge on any atom is 0.139 e. The molecule has 0 bridgehead atoms. The van der Waals surface area contributed by atoms with Crippen molar-refractivity contribution in [2.45, 2.75) is 6.42 Å². The molecule has 0 saturated heterocycles. The summed E-state index contributed by atoms with van der Waals surface area (Å²) in [4.78, 5) is 1.40. The van der Waals surface area contributed by atoms with Crippen molar-refractivity contribution >= 4 is 33.7 Å². The molecule has 0 atom stereocenters. The first-order valence-corrected chi connectivity index (χ1v) is 5.98. The van der Waals surface area contributed by atoms with Crippen molar-refractivity contribution in [3.05, 3.63) is 28.5 Å². The largest absolute Gasteiger partial charge is 0.383 e. The summed E-state index contributed by atoms with van der Waals surface area (Å²) in [6.45, 7) is 0.933. The maximum atomic E-state index is 5.51. The van der Waals surface area contributed by atoms with E-state index >= 15 is 0 Å². The minimum absolute atomic E-state index is 0.591. The van der Waals surface area contributed by atoms with Crippen LogP contribution in [0.2, 0.25) is 0 Å². The molecule has 0 spiro atoms. The van der Waals surface area contributed by atoms with E-state index in [1.54, 1.807) is 11.3 Å². The molecule has 2 rings (SSSR count). The topological polar surface area (TPSA) is 50.9 Å². The highest BCUT2D eigenvalue weighted by Crippen LogP contribution is 2.17. The van der Waals surface area contributed by atoms with Crippen LogP contribution < -0.4 is 11.1 Å². The van der Waals surface area contributed by atoms with E-state index in [1.807, 2.05) is 6.07 Å². The summed E-state index contributed by atoms with van der Waals surface area (Å²) in [5.74, 6) is 0.591. The highest BCUT2D eigenvalue weighted by Gasteiger charge is 1.97. The van der Waals surface area contributed by atoms with Gasteiger partial charge in [0.1, 0.15) is 10.8 Å². The van der Waals surface area contributed by atoms with Crippen LogP contribution in [0.4, 0.5) is 10.8 Å². The number of hydrogen-bond acceptors (Lipinski definition) is 5. The molecule has 0 fully saturated rings. The molecule has 0 aromatic carbocycles. The van der Waals surface area contributed by atoms with Gasteiger partial charge in [-0.15, -0.1) is 11.3 Å². The van der Waals surface area contributed by atoms with Gasteiger partial charge in [-0.3, -0.25) is 0 Å². The molecule has 2 aromatic rings. The summed E-state index contributed by atoms with van der Waals surface area (Å²) in [6.07, 6.45) is 1.05. The first kappa shape index (κ1) is 9.48. The van der Waals surface area contributed by atoms with Crippen molar-refractivity contribution in [2.75, 3.05) is 17.6 Å². The van der Waals surface area contributed by atoms with Gasteiger partial charge in [-0.2, -0.15) is 4.37 Å². The lowest BCUT2D eigenvalue weighted by molar-refractivity contribution is 1.05. The Hall–Kier alpha value is -1.07. The first-order chi connectivity index (χ1) is 6.84. The molecular weight excluding hydrogens is 214 g/mol. The third-order valence-electron chi connectivity index (χ3n) is 1.78. The Morgan fingerprint density at radius 2 is 2.43 bits per heavy atom. The van der Waals surface area contributed by atoms with Crippen LogP contribution in [0.25, 0.3) is 0 Å². The van der Waals surface area contributed by atoms with E-state index in [2.05, 4.69) is 27.2 Å². The van der Waals surface area contributed by atoms with Crippen molar-refractivity contribution in [3.63, 3.8) is 0 Å². The molecule has 3 N–H and O–H groups in total. The van der Waals surface area contributed by atoms with Gasteiger partial charge in [0.15, 0.2) is 0 Å². The lowest BCUT2D eigenvalue weighted by atomic mass is 10.3. The van der Waals surface area contributed by atoms with E-state index in [-0.39, 0.29) is 0 Å². The van der Waals surface area contributed by atoms with Crippen LogP contribution in [0, 0.1) is 0 Å². The molecule has 3 nitrogen and oxygen atoms in total. The molecule has 0 unspecified atom stereocenters. The number of nitrogens with zero attached hydrogens (tertiary/aromatic N) is 1. The van der Waals surface area contributed by atoms with E-state index in [0.29, 0.717) is 5.82 Å². The third kappa shape index (κ3) is 2.46. The van der Waals surface area contributed by atoms with Gasteiger partial charge in [0.2, 0.25) is 0 Å². The second-order valence-corrected chi connectivity index (χ2v) is 4.71. The van der Waals surface area contributed by atoms with E-state index in [4.69, 9.17) is 5.73 Å². The highest BCUT2D eigenvalue weighted by atomic mass is 32.1. The van der Waals surface area contributed by atoms with Gasteiger partial charge in [0, 0.05) is 17.5 Å². The fraction of sp³-hybridized carbons (Fsp3) is 0.222. The van der Waals surface area contributed by atoms with E-state index in [9.17, 15) is 0 Å². The molecule has 0 saturated carbocycles. The first-order valence-electron chi connectivity index (χ1n) is 4.33. The van der Waals surface area contributed by atoms with Crippen molar-refractivity contribution < 1.29 is 0 Å². The average molecular weight is 225 g/mol. The predicted molar refractivity (Wildman–Crippen MR) is 63.0 cm³/mol. The summed E-state index contributed by atoms with van der Waals surface area (Å²) >= 11 is 3.19. The average Bonchev–Trinajstić information content (AvgIpc) is 2.77. The summed E-state index contributed by atoms with van der Waals surface area (Å²) in [6, 6.07) is 6.08. The smallest absolute Gasteiger partial charge is 0.139 e. The number of nitrogens with one attached hydrogen (secondary N) is 1. The Morgan fingerprint density at radius 1 is 1.50 bits per heavy atom. The van der Waals surface area contributed by atoms with Crippen molar-refractivity contribution in [2.24, 2.45) is 0 Å². The van der Waals surface area contributed by atoms with Gasteiger partial charge in [-0.05, 0) is 29.4 Å². The number of aromatic nitrogens is 1. The van der Waals surface area contributed by atoms with Crippen molar-refractivity contribution in [1.82, 2.24) is 4.37 Å². The fourth-order valence-corrected chi connectivity index (χ4v) is 2.44. The number of thiophene rings is 1. The SMILES string of the molecule is Nc1cc(NCCc2cccs2)sn1. The predicted octanol–water partition coefficient (Wildman–Crippen LogP) is 2.44. The quantitative estimate of drug-likeness (QED) is 0.840. The number of hydrogen-bond donors (Lipinski definition) is 2. The van der Waals surface area contributed by atoms with Crippen LogP contribution in [-0.4, -0.2) is 10.9 Å². The van der Waals surface area contributed by atoms with Crippen LogP contribution in [0.3, 0.4) is 0 Å². The van der Waals surface area contributed by atoms with E-state index in [1.165, 1.54) is 16.4 Å². The summed E-state index contributed by atoms with van der Waals surface area (Å²) in [7, 11) is 0. The highest BCUT2D eigenvalue weighted by molar-refractivity contribution is 7.10. The second kappa shape index (κ2) is 4.43. The molecule has 2 heterocycles. The lowest BCUT2D eigenvalue weighted by Gasteiger charge is -1.99. The Balaban J connectivity index is 1.78. The zero-order valence-electron chi connectivity index (χ0n) is 7.56. The molecule has 74 valence electrons. The Kier molecular flexibility index (Phi) is 3.00. The van der Waals surface area contributed by atoms with Crippen LogP contribution in [0.1, 0.15) is 4.88 Å². The van der Waals surface area contributed by atoms with Gasteiger partial charge in [-0.1, -0.05) is 6.07 Å². The summed E-state index contributed by atoms with van der Waals surface area (Å²) in [5.41, 5.74) is 5.51. The molecule has 0 aliphatic rings. The molecule has 0 aliphatic heterocycles. The standard InChI is InChI=1S/C9H11N3S2/c10-8-6-9(14-12-8)11-4-3-7-2-1-5-13-7/h1-2,5-6,11H,3-4H2,(H2,10,12). The molecule has 0 aliphatic carbocycles. The maximum absolute atomic E-state index is 5.51. The molecule has 0 radical (unpaired) electrons. The van der Waals surface area contributed by atoms with Crippen LogP contribution in [0.15, 0.2) is 23.6 Å². The van der Waals surface area contributed by atoms with Gasteiger partial charge in [0.05, 0.1) is 0 Å².